The summed E-state index contributed by atoms with van der Waals surface area (Å²) in [5.41, 5.74) is 1.24. The molecule has 0 aromatic heterocycles. The van der Waals surface area contributed by atoms with Crippen molar-refractivity contribution in [3.63, 3.8) is 0 Å². The van der Waals surface area contributed by atoms with Crippen LogP contribution in [0.5, 0.6) is 5.75 Å². The number of imide groups is 1. The second-order valence-electron chi connectivity index (χ2n) is 7.46. The average molecular weight is 373 g/mol. The monoisotopic (exact) mass is 373 g/mol. The molecule has 146 valence electrons. The second-order valence-corrected chi connectivity index (χ2v) is 7.46. The third-order valence-corrected chi connectivity index (χ3v) is 5.49. The molecule has 2 fully saturated rings. The first-order valence-electron chi connectivity index (χ1n) is 9.44. The number of hydrogen-bond acceptors (Lipinski definition) is 4. The van der Waals surface area contributed by atoms with Gasteiger partial charge in [-0.05, 0) is 32.8 Å². The lowest BCUT2D eigenvalue weighted by atomic mass is 9.98. The Kier molecular flexibility index (Phi) is 5.39. The van der Waals surface area contributed by atoms with Crippen molar-refractivity contribution < 1.29 is 19.1 Å². The predicted octanol–water partition coefficient (Wildman–Crippen LogP) is 2.44. The highest BCUT2D eigenvalue weighted by Gasteiger charge is 2.52. The highest BCUT2D eigenvalue weighted by atomic mass is 16.5. The number of nitrogens with one attached hydrogen (secondary N) is 2. The standard InChI is InChI=1S/C20H27N3O4/c1-13-6-7-16(27-3)15(12-13)14(2)21-17(24)8-11-23-18(25)20(22-19(23)26)9-4-5-10-20/h6-7,12,14H,4-5,8-11H2,1-3H3,(H,21,24)(H,22,26). The summed E-state index contributed by atoms with van der Waals surface area (Å²) in [5, 5.41) is 5.75. The molecule has 1 unspecified atom stereocenters. The zero-order valence-electron chi connectivity index (χ0n) is 16.1. The molecule has 1 aliphatic heterocycles. The van der Waals surface area contributed by atoms with E-state index in [4.69, 9.17) is 4.74 Å². The van der Waals surface area contributed by atoms with E-state index in [2.05, 4.69) is 10.6 Å². The fourth-order valence-electron chi connectivity index (χ4n) is 3.99. The van der Waals surface area contributed by atoms with Crippen LogP contribution in [-0.4, -0.2) is 41.9 Å². The van der Waals surface area contributed by atoms with Crippen molar-refractivity contribution in [3.8, 4) is 5.75 Å². The molecule has 2 N–H and O–H groups in total. The number of amides is 4. The van der Waals surface area contributed by atoms with Gasteiger partial charge in [-0.1, -0.05) is 30.5 Å². The third-order valence-electron chi connectivity index (χ3n) is 5.49. The SMILES string of the molecule is COc1ccc(C)cc1C(C)NC(=O)CCN1C(=O)NC2(CCCC2)C1=O. The van der Waals surface area contributed by atoms with E-state index >= 15 is 0 Å². The Balaban J connectivity index is 1.58. The fourth-order valence-corrected chi connectivity index (χ4v) is 3.99. The summed E-state index contributed by atoms with van der Waals surface area (Å²) in [4.78, 5) is 38.3. The Morgan fingerprint density at radius 2 is 2.04 bits per heavy atom. The van der Waals surface area contributed by atoms with E-state index in [1.54, 1.807) is 7.11 Å². The molecular weight excluding hydrogens is 346 g/mol. The Labute approximate surface area is 159 Å². The van der Waals surface area contributed by atoms with E-state index in [1.165, 1.54) is 4.90 Å². The maximum absolute atomic E-state index is 12.6. The number of methoxy groups -OCH3 is 1. The van der Waals surface area contributed by atoms with E-state index in [0.717, 1.165) is 24.0 Å². The van der Waals surface area contributed by atoms with E-state index in [9.17, 15) is 14.4 Å². The van der Waals surface area contributed by atoms with Gasteiger partial charge < -0.3 is 15.4 Å². The second kappa shape index (κ2) is 7.58. The Bertz CT molecular complexity index is 756. The van der Waals surface area contributed by atoms with Crippen LogP contribution < -0.4 is 15.4 Å². The van der Waals surface area contributed by atoms with Crippen LogP contribution in [0.2, 0.25) is 0 Å². The molecule has 1 spiro atoms. The van der Waals surface area contributed by atoms with Crippen LogP contribution in [0.15, 0.2) is 18.2 Å². The molecule has 0 bridgehead atoms. The first-order chi connectivity index (χ1) is 12.9. The zero-order chi connectivity index (χ0) is 19.6. The summed E-state index contributed by atoms with van der Waals surface area (Å²) in [7, 11) is 1.60. The Morgan fingerprint density at radius 3 is 2.70 bits per heavy atom. The highest BCUT2D eigenvalue weighted by Crippen LogP contribution is 2.35. The molecule has 1 heterocycles. The summed E-state index contributed by atoms with van der Waals surface area (Å²) < 4.78 is 5.37. The van der Waals surface area contributed by atoms with Gasteiger partial charge in [-0.2, -0.15) is 0 Å². The Hall–Kier alpha value is -2.57. The molecule has 1 aromatic rings. The van der Waals surface area contributed by atoms with Gasteiger partial charge in [-0.3, -0.25) is 14.5 Å². The number of benzene rings is 1. The molecule has 7 heteroatoms. The van der Waals surface area contributed by atoms with Crippen molar-refractivity contribution in [2.45, 2.75) is 57.5 Å². The highest BCUT2D eigenvalue weighted by molar-refractivity contribution is 6.07. The van der Waals surface area contributed by atoms with Crippen molar-refractivity contribution >= 4 is 17.8 Å². The number of urea groups is 1. The molecule has 4 amide bonds. The van der Waals surface area contributed by atoms with Crippen molar-refractivity contribution in [2.24, 2.45) is 0 Å². The first-order valence-corrected chi connectivity index (χ1v) is 9.44. The van der Waals surface area contributed by atoms with Gasteiger partial charge in [-0.15, -0.1) is 0 Å². The predicted molar refractivity (Wildman–Crippen MR) is 100 cm³/mol. The summed E-state index contributed by atoms with van der Waals surface area (Å²) in [6.45, 7) is 3.96. The molecule has 1 aromatic carbocycles. The maximum Gasteiger partial charge on any atom is 0.325 e. The van der Waals surface area contributed by atoms with Crippen molar-refractivity contribution in [1.82, 2.24) is 15.5 Å². The van der Waals surface area contributed by atoms with Gasteiger partial charge in [0.2, 0.25) is 5.91 Å². The first kappa shape index (κ1) is 19.2. The lowest BCUT2D eigenvalue weighted by Gasteiger charge is -2.20. The molecule has 2 aliphatic rings. The largest absolute Gasteiger partial charge is 0.496 e. The van der Waals surface area contributed by atoms with Crippen molar-refractivity contribution in [2.75, 3.05) is 13.7 Å². The molecule has 7 nitrogen and oxygen atoms in total. The van der Waals surface area contributed by atoms with Crippen LogP contribution in [0.1, 0.15) is 56.2 Å². The molecule has 3 rings (SSSR count). The van der Waals surface area contributed by atoms with E-state index in [0.29, 0.717) is 18.6 Å². The summed E-state index contributed by atoms with van der Waals surface area (Å²) in [6, 6.07) is 5.18. The van der Waals surface area contributed by atoms with Crippen LogP contribution in [0, 0.1) is 6.92 Å². The van der Waals surface area contributed by atoms with Gasteiger partial charge in [0, 0.05) is 18.5 Å². The minimum absolute atomic E-state index is 0.0771. The van der Waals surface area contributed by atoms with Gasteiger partial charge in [0.25, 0.3) is 5.91 Å². The van der Waals surface area contributed by atoms with Gasteiger partial charge in [0.15, 0.2) is 0 Å². The number of ether oxygens (including phenoxy) is 1. The molecule has 1 saturated heterocycles. The van der Waals surface area contributed by atoms with E-state index in [1.807, 2.05) is 32.0 Å². The smallest absolute Gasteiger partial charge is 0.325 e. The maximum atomic E-state index is 12.6. The normalized spacial score (nSPS) is 19.3. The van der Waals surface area contributed by atoms with Gasteiger partial charge in [0.05, 0.1) is 13.2 Å². The number of aryl methyl sites for hydroxylation is 1. The van der Waals surface area contributed by atoms with Crippen LogP contribution >= 0.6 is 0 Å². The fraction of sp³-hybridized carbons (Fsp3) is 0.550. The molecule has 1 saturated carbocycles. The summed E-state index contributed by atoms with van der Waals surface area (Å²) >= 11 is 0. The van der Waals surface area contributed by atoms with Crippen molar-refractivity contribution in [3.05, 3.63) is 29.3 Å². The number of rotatable bonds is 6. The third kappa shape index (κ3) is 3.77. The lowest BCUT2D eigenvalue weighted by Crippen LogP contribution is -2.44. The van der Waals surface area contributed by atoms with E-state index < -0.39 is 5.54 Å². The van der Waals surface area contributed by atoms with E-state index in [-0.39, 0.29) is 36.9 Å². The lowest BCUT2D eigenvalue weighted by molar-refractivity contribution is -0.131. The zero-order valence-corrected chi connectivity index (χ0v) is 16.1. The van der Waals surface area contributed by atoms with Gasteiger partial charge >= 0.3 is 6.03 Å². The summed E-state index contributed by atoms with van der Waals surface area (Å²) in [5.74, 6) is 0.316. The van der Waals surface area contributed by atoms with Crippen LogP contribution in [0.4, 0.5) is 4.79 Å². The number of hydrogen-bond donors (Lipinski definition) is 2. The van der Waals surface area contributed by atoms with Crippen LogP contribution in [0.25, 0.3) is 0 Å². The van der Waals surface area contributed by atoms with Crippen molar-refractivity contribution in [1.29, 1.82) is 0 Å². The topological polar surface area (TPSA) is 87.7 Å². The summed E-state index contributed by atoms with van der Waals surface area (Å²) in [6.07, 6.45) is 3.33. The number of nitrogens with zero attached hydrogens (tertiary/aromatic N) is 1. The average Bonchev–Trinajstić information content (AvgIpc) is 3.19. The molecular formula is C20H27N3O4. The minimum Gasteiger partial charge on any atom is -0.496 e. The Morgan fingerprint density at radius 1 is 1.33 bits per heavy atom. The molecule has 0 radical (unpaired) electrons. The quantitative estimate of drug-likeness (QED) is 0.750. The van der Waals surface area contributed by atoms with Gasteiger partial charge in [0.1, 0.15) is 11.3 Å². The number of carbonyl (C=O) groups is 3. The van der Waals surface area contributed by atoms with Gasteiger partial charge in [-0.25, -0.2) is 4.79 Å². The van der Waals surface area contributed by atoms with Crippen LogP contribution in [-0.2, 0) is 9.59 Å². The number of carbonyl (C=O) groups excluding carboxylic acids is 3. The molecule has 1 atom stereocenters. The molecule has 1 aliphatic carbocycles. The molecule has 27 heavy (non-hydrogen) atoms. The van der Waals surface area contributed by atoms with Crippen LogP contribution in [0.3, 0.4) is 0 Å². The minimum atomic E-state index is -0.726.